The first-order valence-corrected chi connectivity index (χ1v) is 46.4. The van der Waals surface area contributed by atoms with Gasteiger partial charge in [0.25, 0.3) is 0 Å². The van der Waals surface area contributed by atoms with Crippen LogP contribution in [-0.2, 0) is 119 Å². The molecule has 8 aromatic rings. The Labute approximate surface area is 737 Å². The van der Waals surface area contributed by atoms with E-state index in [4.69, 9.17) is 118 Å². The molecule has 0 saturated carbocycles. The lowest BCUT2D eigenvalue weighted by atomic mass is 9.85. The molecule has 0 saturated heterocycles. The van der Waals surface area contributed by atoms with E-state index in [1.54, 1.807) is 82.2 Å². The molecule has 6 aromatic carbocycles. The summed E-state index contributed by atoms with van der Waals surface area (Å²) in [5.74, 6) is -0.346. The standard InChI is InChI=1S/C81H104Cl6N16O15S3/c1-98-52-73(70-40-61(82)43-79(85)76(70)55-98)58-7-4-10-67(37-58)119(104,105)91-14-20-111-26-32-116-31-25-110-19-13-89-64(46-90-88)47-101(48-65-50-102(96-94-65)17-23-114-29-35-117-33-27-112-21-15-92-120(106,107)68-11-5-8-59(38-68)74-53-99(2)56-77-71(74)41-62(83)44-80(77)86)49-66-51-103(97-95-66)18-24-115-30-36-118-34-28-113-22-16-93-121(108,109)69-12-6-9-60(39-69)75-54-100(3)57-78-72(75)42-63(84)45-81(78)87/h4-12,37-46,50-51,73-75,88-89,91-93H,13-36,47-49,52-57H2,1-3H3/b64-46-,90-88?/t73-,74-,75-/m0/s1. The van der Waals surface area contributed by atoms with Crippen LogP contribution in [0.15, 0.2) is 153 Å². The highest BCUT2D eigenvalue weighted by Crippen LogP contribution is 2.42. The molecule has 5 N–H and O–H groups in total. The molecule has 40 heteroatoms. The third-order valence-electron chi connectivity index (χ3n) is 20.1. The Kier molecular flexibility index (Phi) is 37.7. The molecule has 0 radical (unpaired) electrons. The minimum Gasteiger partial charge on any atom is -0.384 e. The van der Waals surface area contributed by atoms with E-state index in [1.807, 2.05) is 69.9 Å². The van der Waals surface area contributed by atoms with Crippen LogP contribution in [0.1, 0.15) is 79.2 Å². The zero-order chi connectivity index (χ0) is 85.7. The molecule has 31 nitrogen and oxygen atoms in total. The Morgan fingerprint density at radius 3 is 1.07 bits per heavy atom. The molecule has 0 amide bonds. The molecule has 2 aromatic heterocycles. The molecule has 0 fully saturated rings. The highest BCUT2D eigenvalue weighted by atomic mass is 35.5. The van der Waals surface area contributed by atoms with E-state index in [0.29, 0.717) is 185 Å². The van der Waals surface area contributed by atoms with Crippen LogP contribution in [0.2, 0.25) is 30.1 Å². The van der Waals surface area contributed by atoms with Crippen molar-refractivity contribution in [2.45, 2.75) is 78.3 Å². The highest BCUT2D eigenvalue weighted by molar-refractivity contribution is 7.90. The predicted molar refractivity (Wildman–Crippen MR) is 462 cm³/mol. The quantitative estimate of drug-likeness (QED) is 0.0175. The summed E-state index contributed by atoms with van der Waals surface area (Å²) in [5.41, 5.74) is 18.2. The average Bonchev–Trinajstić information content (AvgIpc) is 1.19. The summed E-state index contributed by atoms with van der Waals surface area (Å²) in [6, 6.07) is 31.7. The molecule has 11 rings (SSSR count). The number of aromatic nitrogens is 6. The number of halogens is 6. The van der Waals surface area contributed by atoms with Gasteiger partial charge < -0.3 is 62.6 Å². The molecule has 658 valence electrons. The number of nitrogens with one attached hydrogen (secondary N) is 5. The Morgan fingerprint density at radius 1 is 0.438 bits per heavy atom. The van der Waals surface area contributed by atoms with Crippen molar-refractivity contribution in [3.63, 3.8) is 0 Å². The number of sulfonamides is 3. The molecule has 0 aliphatic carbocycles. The lowest BCUT2D eigenvalue weighted by Crippen LogP contribution is -2.31. The third-order valence-corrected chi connectivity index (χ3v) is 26.2. The third kappa shape index (κ3) is 29.4. The minimum absolute atomic E-state index is 0.0642. The average molecular weight is 1850 g/mol. The first kappa shape index (κ1) is 95.3. The number of fused-ring (bicyclic) bond motifs is 3. The van der Waals surface area contributed by atoms with Crippen LogP contribution in [0.5, 0.6) is 0 Å². The van der Waals surface area contributed by atoms with Gasteiger partial charge in [0.15, 0.2) is 0 Å². The summed E-state index contributed by atoms with van der Waals surface area (Å²) in [6.45, 7) is 11.2. The van der Waals surface area contributed by atoms with Crippen molar-refractivity contribution in [2.24, 2.45) is 5.11 Å². The summed E-state index contributed by atoms with van der Waals surface area (Å²) in [4.78, 5) is 8.97. The van der Waals surface area contributed by atoms with Gasteiger partial charge in [-0.3, -0.25) is 4.90 Å². The van der Waals surface area contributed by atoms with Crippen molar-refractivity contribution in [1.29, 1.82) is 5.53 Å². The Morgan fingerprint density at radius 2 is 0.744 bits per heavy atom. The fourth-order valence-corrected chi connectivity index (χ4v) is 19.3. The first-order chi connectivity index (χ1) is 58.4. The second kappa shape index (κ2) is 47.9. The highest BCUT2D eigenvalue weighted by Gasteiger charge is 2.32. The maximum atomic E-state index is 13.4. The van der Waals surface area contributed by atoms with E-state index in [1.165, 1.54) is 6.20 Å². The van der Waals surface area contributed by atoms with E-state index >= 15 is 0 Å². The molecular formula is C81H104Cl6N16O15S3. The fraction of sp³-hybridized carbons (Fsp3) is 0.481. The lowest BCUT2D eigenvalue weighted by molar-refractivity contribution is 0.0137. The molecule has 5 heterocycles. The Hall–Kier alpha value is -6.31. The number of likely N-dealkylation sites (N-methyl/N-ethyl adjacent to an activating group) is 3. The number of benzene rings is 6. The lowest BCUT2D eigenvalue weighted by Gasteiger charge is -2.33. The van der Waals surface area contributed by atoms with Gasteiger partial charge in [-0.05, 0) is 144 Å². The van der Waals surface area contributed by atoms with E-state index < -0.39 is 30.1 Å². The van der Waals surface area contributed by atoms with Gasteiger partial charge in [-0.25, -0.2) is 54.3 Å². The zero-order valence-corrected chi connectivity index (χ0v) is 74.7. The number of nitrogens with zero attached hydrogens (tertiary/aromatic N) is 11. The van der Waals surface area contributed by atoms with Gasteiger partial charge in [0.2, 0.25) is 30.1 Å². The number of hydrogen-bond donors (Lipinski definition) is 5. The van der Waals surface area contributed by atoms with E-state index in [2.05, 4.69) is 64.8 Å². The number of ether oxygens (including phenoxy) is 9. The van der Waals surface area contributed by atoms with Gasteiger partial charge in [-0.2, -0.15) is 5.11 Å². The van der Waals surface area contributed by atoms with Crippen molar-refractivity contribution in [3.8, 4) is 0 Å². The van der Waals surface area contributed by atoms with Crippen molar-refractivity contribution >= 4 is 99.7 Å². The van der Waals surface area contributed by atoms with Crippen molar-refractivity contribution in [3.05, 3.63) is 225 Å². The van der Waals surface area contributed by atoms with Gasteiger partial charge in [0, 0.05) is 151 Å². The van der Waals surface area contributed by atoms with Gasteiger partial charge in [0.1, 0.15) is 0 Å². The molecule has 121 heavy (non-hydrogen) atoms. The molecule has 3 atom stereocenters. The second-order valence-corrected chi connectivity index (χ2v) is 37.2. The monoisotopic (exact) mass is 1850 g/mol. The van der Waals surface area contributed by atoms with Crippen molar-refractivity contribution in [1.82, 2.24) is 69.1 Å². The van der Waals surface area contributed by atoms with E-state index in [9.17, 15) is 25.3 Å². The maximum absolute atomic E-state index is 13.4. The van der Waals surface area contributed by atoms with Crippen LogP contribution in [0.4, 0.5) is 0 Å². The molecule has 3 aliphatic rings. The molecule has 0 spiro atoms. The SMILES string of the molecule is CN1Cc2c(Cl)cc(Cl)cc2[C@H](c2cccc(S(=O)(=O)NCCOCCOCCOCCN/C(=C\N=N)CN(Cc3cn(CCOCCOCCOCCNS(=O)(=O)c4cccc([C@@H]5CN(C)Cc6c(Cl)cc(Cl)cc65)c4)nn3)Cc3cn(CCOCCOCCOCCNS(=O)(=O)c4cccc([C@@H]5CN(C)Cc6c(Cl)cc(Cl)cc65)c4)nn3)c2)C1. The zero-order valence-electron chi connectivity index (χ0n) is 67.7. The minimum atomic E-state index is -3.84. The van der Waals surface area contributed by atoms with Crippen LogP contribution in [0.25, 0.3) is 0 Å². The van der Waals surface area contributed by atoms with Crippen LogP contribution < -0.4 is 19.5 Å². The molecular weight excluding hydrogens is 1750 g/mol. The molecule has 0 unspecified atom stereocenters. The van der Waals surface area contributed by atoms with E-state index in [0.717, 1.165) is 50.1 Å². The Balaban J connectivity index is 0.568. The van der Waals surface area contributed by atoms with E-state index in [-0.39, 0.29) is 112 Å². The van der Waals surface area contributed by atoms with Gasteiger partial charge in [0.05, 0.1) is 164 Å². The number of hydrogen-bond acceptors (Lipinski definition) is 26. The van der Waals surface area contributed by atoms with Crippen LogP contribution in [-0.4, -0.2) is 267 Å². The maximum Gasteiger partial charge on any atom is 0.240 e. The van der Waals surface area contributed by atoms with Gasteiger partial charge in [-0.15, -0.1) is 10.2 Å². The fourth-order valence-electron chi connectivity index (χ4n) is 14.4. The van der Waals surface area contributed by atoms with Crippen LogP contribution in [0, 0.1) is 5.53 Å². The summed E-state index contributed by atoms with van der Waals surface area (Å²) in [7, 11) is -5.50. The van der Waals surface area contributed by atoms with Crippen LogP contribution in [0.3, 0.4) is 0 Å². The summed E-state index contributed by atoms with van der Waals surface area (Å²) in [6.07, 6.45) is 5.10. The number of rotatable bonds is 53. The van der Waals surface area contributed by atoms with Crippen molar-refractivity contribution in [2.75, 3.05) is 192 Å². The molecule has 3 aliphatic heterocycles. The largest absolute Gasteiger partial charge is 0.384 e. The smallest absolute Gasteiger partial charge is 0.240 e. The van der Waals surface area contributed by atoms with Gasteiger partial charge in [-0.1, -0.05) is 116 Å². The van der Waals surface area contributed by atoms with Gasteiger partial charge >= 0.3 is 0 Å². The topological polar surface area (TPSA) is 344 Å². The molecule has 0 bridgehead atoms. The summed E-state index contributed by atoms with van der Waals surface area (Å²) < 4.78 is 143. The normalized spacial score (nSPS) is 16.2. The van der Waals surface area contributed by atoms with Crippen molar-refractivity contribution < 1.29 is 67.9 Å². The Bertz CT molecular complexity index is 4870. The predicted octanol–water partition coefficient (Wildman–Crippen LogP) is 10.1. The summed E-state index contributed by atoms with van der Waals surface area (Å²) >= 11 is 38.9. The first-order valence-electron chi connectivity index (χ1n) is 39.7. The summed E-state index contributed by atoms with van der Waals surface area (Å²) in [5, 5.41) is 27.9. The van der Waals surface area contributed by atoms with Crippen LogP contribution >= 0.6 is 69.6 Å². The second-order valence-electron chi connectivity index (χ2n) is 29.3.